The van der Waals surface area contributed by atoms with Gasteiger partial charge in [-0.2, -0.15) is 0 Å². The molecule has 0 fully saturated rings. The fraction of sp³-hybridized carbons (Fsp3) is 0.294. The zero-order valence-electron chi connectivity index (χ0n) is 14.9. The number of thioether (sulfide) groups is 1. The van der Waals surface area contributed by atoms with Crippen molar-refractivity contribution in [3.63, 3.8) is 0 Å². The van der Waals surface area contributed by atoms with Crippen molar-refractivity contribution in [2.24, 2.45) is 0 Å². The molecule has 1 amide bonds. The zero-order valence-corrected chi connectivity index (χ0v) is 16.5. The van der Waals surface area contributed by atoms with Crippen LogP contribution in [0.2, 0.25) is 0 Å². The fourth-order valence-corrected chi connectivity index (χ4v) is 3.58. The first-order chi connectivity index (χ1) is 12.1. The molecule has 1 N–H and O–H groups in total. The largest absolute Gasteiger partial charge is 0.325 e. The molecule has 0 spiro atoms. The predicted octanol–water partition coefficient (Wildman–Crippen LogP) is 2.90. The van der Waals surface area contributed by atoms with E-state index in [-0.39, 0.29) is 16.6 Å². The van der Waals surface area contributed by atoms with E-state index in [4.69, 9.17) is 0 Å². The number of anilines is 1. The van der Waals surface area contributed by atoms with Crippen LogP contribution in [0, 0.1) is 12.7 Å². The first-order valence-electron chi connectivity index (χ1n) is 7.73. The van der Waals surface area contributed by atoms with E-state index in [0.717, 1.165) is 4.31 Å². The molecule has 0 saturated carbocycles. The summed E-state index contributed by atoms with van der Waals surface area (Å²) < 4.78 is 38.7. The van der Waals surface area contributed by atoms with Crippen LogP contribution in [0.4, 0.5) is 10.1 Å². The lowest BCUT2D eigenvalue weighted by molar-refractivity contribution is -0.115. The minimum atomic E-state index is -3.54. The molecule has 6 nitrogen and oxygen atoms in total. The fourth-order valence-electron chi connectivity index (χ4n) is 1.95. The third kappa shape index (κ3) is 4.80. The van der Waals surface area contributed by atoms with Crippen LogP contribution in [0.15, 0.2) is 46.5 Å². The Morgan fingerprint density at radius 1 is 1.27 bits per heavy atom. The summed E-state index contributed by atoms with van der Waals surface area (Å²) in [6.45, 7) is 3.34. The average Bonchev–Trinajstić information content (AvgIpc) is 2.58. The van der Waals surface area contributed by atoms with Crippen LogP contribution >= 0.6 is 11.8 Å². The summed E-state index contributed by atoms with van der Waals surface area (Å²) in [5, 5.41) is 2.67. The van der Waals surface area contributed by atoms with Crippen LogP contribution in [0.1, 0.15) is 12.5 Å². The van der Waals surface area contributed by atoms with Gasteiger partial charge in [0.15, 0.2) is 0 Å². The highest BCUT2D eigenvalue weighted by Gasteiger charge is 2.19. The van der Waals surface area contributed by atoms with Crippen molar-refractivity contribution < 1.29 is 17.6 Å². The third-order valence-corrected chi connectivity index (χ3v) is 6.44. The van der Waals surface area contributed by atoms with Crippen LogP contribution in [-0.2, 0) is 14.8 Å². The van der Waals surface area contributed by atoms with E-state index >= 15 is 0 Å². The number of amides is 1. The first kappa shape index (κ1) is 20.3. The Balaban J connectivity index is 2.03. The van der Waals surface area contributed by atoms with Crippen LogP contribution in [0.3, 0.4) is 0 Å². The smallest absolute Gasteiger partial charge is 0.244 e. The van der Waals surface area contributed by atoms with E-state index in [2.05, 4.69) is 10.3 Å². The van der Waals surface area contributed by atoms with Crippen molar-refractivity contribution in [1.29, 1.82) is 0 Å². The second-order valence-corrected chi connectivity index (χ2v) is 9.35. The standard InChI is InChI=1S/C17H20FN3O3S2/c1-11-5-6-13(9-15(11)18)20-17(22)12(2)25-16-8-7-14(10-19-16)26(23,24)21(3)4/h5-10,12H,1-4H3,(H,20,22). The minimum Gasteiger partial charge on any atom is -0.325 e. The summed E-state index contributed by atoms with van der Waals surface area (Å²) in [5.41, 5.74) is 0.883. The Hall–Kier alpha value is -1.97. The van der Waals surface area contributed by atoms with Gasteiger partial charge in [0.1, 0.15) is 10.7 Å². The molecule has 0 radical (unpaired) electrons. The molecule has 26 heavy (non-hydrogen) atoms. The van der Waals surface area contributed by atoms with E-state index in [1.54, 1.807) is 32.0 Å². The molecule has 1 atom stereocenters. The molecule has 0 aliphatic carbocycles. The van der Waals surface area contributed by atoms with E-state index in [1.807, 2.05) is 0 Å². The Labute approximate surface area is 156 Å². The molecular weight excluding hydrogens is 377 g/mol. The number of carbonyl (C=O) groups is 1. The number of nitrogens with one attached hydrogen (secondary N) is 1. The summed E-state index contributed by atoms with van der Waals surface area (Å²) >= 11 is 1.18. The Morgan fingerprint density at radius 3 is 2.50 bits per heavy atom. The molecule has 0 bridgehead atoms. The summed E-state index contributed by atoms with van der Waals surface area (Å²) in [7, 11) is -0.654. The normalized spacial score (nSPS) is 12.8. The number of rotatable bonds is 6. The van der Waals surface area contributed by atoms with Crippen molar-refractivity contribution in [3.8, 4) is 0 Å². The van der Waals surface area contributed by atoms with Crippen LogP contribution in [0.25, 0.3) is 0 Å². The monoisotopic (exact) mass is 397 g/mol. The molecule has 2 rings (SSSR count). The third-order valence-electron chi connectivity index (χ3n) is 3.59. The van der Waals surface area contributed by atoms with Gasteiger partial charge in [0.2, 0.25) is 15.9 Å². The Morgan fingerprint density at radius 2 is 1.96 bits per heavy atom. The number of benzene rings is 1. The highest BCUT2D eigenvalue weighted by molar-refractivity contribution is 8.00. The SMILES string of the molecule is Cc1ccc(NC(=O)C(C)Sc2ccc(S(=O)(=O)N(C)C)cn2)cc1F. The number of aryl methyl sites for hydroxylation is 1. The second-order valence-electron chi connectivity index (χ2n) is 5.83. The molecular formula is C17H20FN3O3S2. The number of carbonyl (C=O) groups excluding carboxylic acids is 1. The Kier molecular flexibility index (Phi) is 6.38. The molecule has 140 valence electrons. The maximum absolute atomic E-state index is 13.5. The van der Waals surface area contributed by atoms with Crippen molar-refractivity contribution in [1.82, 2.24) is 9.29 Å². The van der Waals surface area contributed by atoms with E-state index in [1.165, 1.54) is 44.2 Å². The van der Waals surface area contributed by atoms with Crippen molar-refractivity contribution in [2.45, 2.75) is 29.0 Å². The van der Waals surface area contributed by atoms with Gasteiger partial charge in [-0.25, -0.2) is 22.1 Å². The number of hydrogen-bond donors (Lipinski definition) is 1. The topological polar surface area (TPSA) is 79.4 Å². The summed E-state index contributed by atoms with van der Waals surface area (Å²) in [6, 6.07) is 7.49. The number of nitrogens with zero attached hydrogens (tertiary/aromatic N) is 2. The summed E-state index contributed by atoms with van der Waals surface area (Å²) in [6.07, 6.45) is 1.26. The van der Waals surface area contributed by atoms with E-state index in [9.17, 15) is 17.6 Å². The predicted molar refractivity (Wildman–Crippen MR) is 100 cm³/mol. The maximum Gasteiger partial charge on any atom is 0.244 e. The minimum absolute atomic E-state index is 0.0825. The van der Waals surface area contributed by atoms with Gasteiger partial charge in [-0.1, -0.05) is 17.8 Å². The van der Waals surface area contributed by atoms with Gasteiger partial charge in [-0.15, -0.1) is 0 Å². The molecule has 0 aliphatic rings. The quantitative estimate of drug-likeness (QED) is 0.758. The number of sulfonamides is 1. The number of halogens is 1. The molecule has 1 unspecified atom stereocenters. The molecule has 0 saturated heterocycles. The lowest BCUT2D eigenvalue weighted by Gasteiger charge is -2.13. The highest BCUT2D eigenvalue weighted by atomic mass is 32.2. The molecule has 2 aromatic rings. The zero-order chi connectivity index (χ0) is 19.5. The number of aromatic nitrogens is 1. The number of pyridine rings is 1. The molecule has 1 aromatic carbocycles. The first-order valence-corrected chi connectivity index (χ1v) is 10.1. The van der Waals surface area contributed by atoms with Crippen LogP contribution < -0.4 is 5.32 Å². The number of hydrogen-bond acceptors (Lipinski definition) is 5. The molecule has 1 heterocycles. The Bertz CT molecular complexity index is 900. The maximum atomic E-state index is 13.5. The van der Waals surface area contributed by atoms with Gasteiger partial charge in [-0.3, -0.25) is 4.79 Å². The van der Waals surface area contributed by atoms with Crippen LogP contribution in [0.5, 0.6) is 0 Å². The van der Waals surface area contributed by atoms with E-state index < -0.39 is 15.3 Å². The van der Waals surface area contributed by atoms with Gasteiger partial charge in [0.25, 0.3) is 0 Å². The lowest BCUT2D eigenvalue weighted by Crippen LogP contribution is -2.23. The second kappa shape index (κ2) is 8.15. The molecule has 9 heteroatoms. The van der Waals surface area contributed by atoms with Gasteiger partial charge >= 0.3 is 0 Å². The van der Waals surface area contributed by atoms with Crippen molar-refractivity contribution in [2.75, 3.05) is 19.4 Å². The summed E-state index contributed by atoms with van der Waals surface area (Å²) in [5.74, 6) is -0.687. The van der Waals surface area contributed by atoms with Gasteiger partial charge in [-0.05, 0) is 43.7 Å². The van der Waals surface area contributed by atoms with E-state index in [0.29, 0.717) is 16.3 Å². The van der Waals surface area contributed by atoms with Gasteiger partial charge in [0.05, 0.1) is 10.3 Å². The van der Waals surface area contributed by atoms with Gasteiger partial charge < -0.3 is 5.32 Å². The van der Waals surface area contributed by atoms with Crippen molar-refractivity contribution >= 4 is 33.4 Å². The van der Waals surface area contributed by atoms with Crippen molar-refractivity contribution in [3.05, 3.63) is 47.9 Å². The molecule has 1 aromatic heterocycles. The molecule has 0 aliphatic heterocycles. The average molecular weight is 397 g/mol. The van der Waals surface area contributed by atoms with Gasteiger partial charge in [0, 0.05) is 26.0 Å². The summed E-state index contributed by atoms with van der Waals surface area (Å²) in [4.78, 5) is 16.4. The lowest BCUT2D eigenvalue weighted by atomic mass is 10.2. The van der Waals surface area contributed by atoms with Crippen LogP contribution in [-0.4, -0.2) is 43.0 Å². The highest BCUT2D eigenvalue weighted by Crippen LogP contribution is 2.24.